The van der Waals surface area contributed by atoms with Crippen molar-refractivity contribution in [1.29, 1.82) is 5.26 Å². The van der Waals surface area contributed by atoms with E-state index in [4.69, 9.17) is 4.98 Å². The lowest BCUT2D eigenvalue weighted by Gasteiger charge is -2.29. The minimum absolute atomic E-state index is 0.158. The molecule has 1 amide bonds. The van der Waals surface area contributed by atoms with Crippen molar-refractivity contribution in [2.75, 3.05) is 24.5 Å². The van der Waals surface area contributed by atoms with Gasteiger partial charge in [-0.3, -0.25) is 14.2 Å². The summed E-state index contributed by atoms with van der Waals surface area (Å²) in [6.45, 7) is 4.70. The monoisotopic (exact) mass is 463 g/mol. The van der Waals surface area contributed by atoms with E-state index in [9.17, 15) is 14.9 Å². The summed E-state index contributed by atoms with van der Waals surface area (Å²) in [5.74, 6) is 0.460. The lowest BCUT2D eigenvalue weighted by molar-refractivity contribution is 0.0957. The Labute approximate surface area is 197 Å². The number of anilines is 1. The summed E-state index contributed by atoms with van der Waals surface area (Å²) >= 11 is 1.19. The van der Waals surface area contributed by atoms with Crippen molar-refractivity contribution >= 4 is 33.4 Å². The molecule has 7 nitrogen and oxygen atoms in total. The number of nitrogens with zero attached hydrogens (tertiary/aromatic N) is 4. The zero-order chi connectivity index (χ0) is 23.2. The highest BCUT2D eigenvalue weighted by atomic mass is 32.1. The molecular formula is C25H29N5O2S. The molecule has 1 saturated heterocycles. The van der Waals surface area contributed by atoms with Gasteiger partial charge in [0.1, 0.15) is 4.70 Å². The average Bonchev–Trinajstić information content (AvgIpc) is 3.29. The van der Waals surface area contributed by atoms with E-state index in [1.165, 1.54) is 17.8 Å². The fraction of sp³-hybridized carbons (Fsp3) is 0.440. The number of benzene rings is 1. The standard InChI is InChI=1S/C25H29N5O2S/c1-2-3-7-12-27-23(31)21-15-20-22(33-21)24(32)30(17-19-11-6-5-10-18(19)16-26)25(28-20)29-13-8-4-9-14-29/h5-6,10-11,15H,2-4,7-9,12-14,17H2,1H3,(H,27,31). The predicted molar refractivity (Wildman–Crippen MR) is 132 cm³/mol. The van der Waals surface area contributed by atoms with E-state index in [1.54, 1.807) is 16.7 Å². The normalized spacial score (nSPS) is 13.8. The number of aromatic nitrogens is 2. The van der Waals surface area contributed by atoms with Crippen LogP contribution in [0.1, 0.15) is 66.2 Å². The molecule has 0 saturated carbocycles. The lowest BCUT2D eigenvalue weighted by Crippen LogP contribution is -2.36. The molecule has 1 aliphatic rings. The van der Waals surface area contributed by atoms with E-state index in [0.717, 1.165) is 50.8 Å². The smallest absolute Gasteiger partial charge is 0.273 e. The molecule has 2 aromatic heterocycles. The quantitative estimate of drug-likeness (QED) is 0.503. The average molecular weight is 464 g/mol. The summed E-state index contributed by atoms with van der Waals surface area (Å²) in [7, 11) is 0. The fourth-order valence-corrected chi connectivity index (χ4v) is 5.15. The summed E-state index contributed by atoms with van der Waals surface area (Å²) in [5.41, 5.74) is 1.73. The topological polar surface area (TPSA) is 91.0 Å². The SMILES string of the molecule is CCCCCNC(=O)c1cc2nc(N3CCCCC3)n(Cc3ccccc3C#N)c(=O)c2s1. The molecule has 1 fully saturated rings. The number of carbonyl (C=O) groups excluding carboxylic acids is 1. The van der Waals surface area contributed by atoms with Gasteiger partial charge in [0.05, 0.1) is 28.6 Å². The van der Waals surface area contributed by atoms with Crippen LogP contribution in [-0.2, 0) is 6.54 Å². The van der Waals surface area contributed by atoms with Crippen LogP contribution in [0.15, 0.2) is 35.1 Å². The molecule has 1 aliphatic heterocycles. The number of piperidine rings is 1. The van der Waals surface area contributed by atoms with Crippen molar-refractivity contribution in [2.45, 2.75) is 52.0 Å². The predicted octanol–water partition coefficient (Wildman–Crippen LogP) is 4.29. The Hall–Kier alpha value is -3.18. The maximum Gasteiger partial charge on any atom is 0.273 e. The summed E-state index contributed by atoms with van der Waals surface area (Å²) in [5, 5.41) is 12.5. The number of amides is 1. The summed E-state index contributed by atoms with van der Waals surface area (Å²) in [4.78, 5) is 33.8. The molecule has 1 N–H and O–H groups in total. The number of nitrogens with one attached hydrogen (secondary N) is 1. The molecule has 33 heavy (non-hydrogen) atoms. The Morgan fingerprint density at radius 2 is 2.00 bits per heavy atom. The van der Waals surface area contributed by atoms with Crippen LogP contribution in [0, 0.1) is 11.3 Å². The second-order valence-electron chi connectivity index (χ2n) is 8.41. The third-order valence-corrected chi connectivity index (χ3v) is 7.12. The molecule has 0 spiro atoms. The van der Waals surface area contributed by atoms with E-state index in [2.05, 4.69) is 23.2 Å². The largest absolute Gasteiger partial charge is 0.351 e. The van der Waals surface area contributed by atoms with Gasteiger partial charge in [0.2, 0.25) is 5.95 Å². The van der Waals surface area contributed by atoms with E-state index < -0.39 is 0 Å². The molecule has 3 aromatic rings. The highest BCUT2D eigenvalue weighted by molar-refractivity contribution is 7.20. The van der Waals surface area contributed by atoms with Crippen LogP contribution < -0.4 is 15.8 Å². The van der Waals surface area contributed by atoms with Crippen LogP contribution in [0.2, 0.25) is 0 Å². The van der Waals surface area contributed by atoms with Crippen LogP contribution in [0.25, 0.3) is 10.2 Å². The van der Waals surface area contributed by atoms with Crippen molar-refractivity contribution < 1.29 is 4.79 Å². The summed E-state index contributed by atoms with van der Waals surface area (Å²) in [6, 6.07) is 11.3. The number of fused-ring (bicyclic) bond motifs is 1. The highest BCUT2D eigenvalue weighted by Crippen LogP contribution is 2.26. The van der Waals surface area contributed by atoms with Gasteiger partial charge in [0.15, 0.2) is 0 Å². The number of nitriles is 1. The van der Waals surface area contributed by atoms with Crippen LogP contribution in [-0.4, -0.2) is 35.1 Å². The molecule has 4 rings (SSSR count). The minimum atomic E-state index is -0.164. The van der Waals surface area contributed by atoms with Crippen molar-refractivity contribution in [3.63, 3.8) is 0 Å². The van der Waals surface area contributed by atoms with Gasteiger partial charge in [-0.2, -0.15) is 5.26 Å². The highest BCUT2D eigenvalue weighted by Gasteiger charge is 2.22. The number of carbonyl (C=O) groups is 1. The number of hydrogen-bond donors (Lipinski definition) is 1. The molecule has 3 heterocycles. The molecule has 0 radical (unpaired) electrons. The Balaban J connectivity index is 1.74. The first kappa shape index (κ1) is 23.0. The third kappa shape index (κ3) is 5.09. The third-order valence-electron chi connectivity index (χ3n) is 6.01. The molecule has 0 bridgehead atoms. The van der Waals surface area contributed by atoms with E-state index in [1.807, 2.05) is 18.2 Å². The van der Waals surface area contributed by atoms with Crippen molar-refractivity contribution in [3.05, 3.63) is 56.7 Å². The lowest BCUT2D eigenvalue weighted by atomic mass is 10.1. The van der Waals surface area contributed by atoms with Crippen molar-refractivity contribution in [1.82, 2.24) is 14.9 Å². The van der Waals surface area contributed by atoms with E-state index in [0.29, 0.717) is 33.2 Å². The van der Waals surface area contributed by atoms with Crippen LogP contribution in [0.5, 0.6) is 0 Å². The maximum absolute atomic E-state index is 13.6. The first-order chi connectivity index (χ1) is 16.1. The zero-order valence-electron chi connectivity index (χ0n) is 19.0. The molecule has 8 heteroatoms. The molecule has 0 aliphatic carbocycles. The number of hydrogen-bond acceptors (Lipinski definition) is 6. The molecule has 172 valence electrons. The van der Waals surface area contributed by atoms with Gasteiger partial charge in [-0.25, -0.2) is 4.98 Å². The number of thiophene rings is 1. The van der Waals surface area contributed by atoms with Crippen LogP contribution in [0.3, 0.4) is 0 Å². The Kier molecular flexibility index (Phi) is 7.40. The molecular weight excluding hydrogens is 434 g/mol. The number of rotatable bonds is 8. The maximum atomic E-state index is 13.6. The van der Waals surface area contributed by atoms with Gasteiger partial charge >= 0.3 is 0 Å². The van der Waals surface area contributed by atoms with E-state index in [-0.39, 0.29) is 18.0 Å². The molecule has 0 atom stereocenters. The van der Waals surface area contributed by atoms with Gasteiger partial charge in [-0.15, -0.1) is 11.3 Å². The van der Waals surface area contributed by atoms with Gasteiger partial charge in [-0.1, -0.05) is 38.0 Å². The van der Waals surface area contributed by atoms with E-state index >= 15 is 0 Å². The zero-order valence-corrected chi connectivity index (χ0v) is 19.8. The van der Waals surface area contributed by atoms with Gasteiger partial charge in [0, 0.05) is 19.6 Å². The van der Waals surface area contributed by atoms with Crippen LogP contribution >= 0.6 is 11.3 Å². The number of unbranched alkanes of at least 4 members (excludes halogenated alkanes) is 2. The Morgan fingerprint density at radius 1 is 1.21 bits per heavy atom. The van der Waals surface area contributed by atoms with Crippen LogP contribution in [0.4, 0.5) is 5.95 Å². The van der Waals surface area contributed by atoms with Gasteiger partial charge in [-0.05, 0) is 43.4 Å². The minimum Gasteiger partial charge on any atom is -0.351 e. The summed E-state index contributed by atoms with van der Waals surface area (Å²) in [6.07, 6.45) is 6.38. The molecule has 0 unspecified atom stereocenters. The first-order valence-electron chi connectivity index (χ1n) is 11.7. The second kappa shape index (κ2) is 10.6. The first-order valence-corrected chi connectivity index (χ1v) is 12.5. The van der Waals surface area contributed by atoms with Crippen molar-refractivity contribution in [2.24, 2.45) is 0 Å². The Morgan fingerprint density at radius 3 is 2.76 bits per heavy atom. The van der Waals surface area contributed by atoms with Crippen molar-refractivity contribution in [3.8, 4) is 6.07 Å². The van der Waals surface area contributed by atoms with Gasteiger partial charge < -0.3 is 10.2 Å². The second-order valence-corrected chi connectivity index (χ2v) is 9.46. The van der Waals surface area contributed by atoms with Gasteiger partial charge in [0.25, 0.3) is 11.5 Å². The fourth-order valence-electron chi connectivity index (χ4n) is 4.19. The Bertz CT molecular complexity index is 1230. The molecule has 1 aromatic carbocycles. The summed E-state index contributed by atoms with van der Waals surface area (Å²) < 4.78 is 2.15.